The fourth-order valence-corrected chi connectivity index (χ4v) is 2.30. The Balaban J connectivity index is 2.23. The molecule has 15 heavy (non-hydrogen) atoms. The van der Waals surface area contributed by atoms with Crippen molar-refractivity contribution in [2.45, 2.75) is 45.7 Å². The van der Waals surface area contributed by atoms with Gasteiger partial charge in [0.25, 0.3) is 0 Å². The summed E-state index contributed by atoms with van der Waals surface area (Å²) in [7, 11) is 0. The summed E-state index contributed by atoms with van der Waals surface area (Å²) in [5, 5.41) is 0. The maximum atomic E-state index is 6.06. The smallest absolute Gasteiger partial charge is 0.0478 e. The highest BCUT2D eigenvalue weighted by molar-refractivity contribution is 4.86. The van der Waals surface area contributed by atoms with Gasteiger partial charge in [-0.05, 0) is 39.2 Å². The van der Waals surface area contributed by atoms with Gasteiger partial charge in [0.05, 0.1) is 0 Å². The van der Waals surface area contributed by atoms with E-state index in [2.05, 4.69) is 18.7 Å². The van der Waals surface area contributed by atoms with Crippen LogP contribution in [0.15, 0.2) is 0 Å². The Morgan fingerprint density at radius 2 is 2.13 bits per heavy atom. The van der Waals surface area contributed by atoms with E-state index in [9.17, 15) is 0 Å². The van der Waals surface area contributed by atoms with Crippen molar-refractivity contribution in [3.63, 3.8) is 0 Å². The molecule has 1 rings (SSSR count). The molecular weight excluding hydrogens is 188 g/mol. The Morgan fingerprint density at radius 3 is 2.80 bits per heavy atom. The Morgan fingerprint density at radius 1 is 1.40 bits per heavy atom. The van der Waals surface area contributed by atoms with Gasteiger partial charge < -0.3 is 15.4 Å². The monoisotopic (exact) mass is 214 g/mol. The van der Waals surface area contributed by atoms with Gasteiger partial charge >= 0.3 is 0 Å². The van der Waals surface area contributed by atoms with Crippen LogP contribution in [-0.2, 0) is 4.74 Å². The molecule has 2 N–H and O–H groups in total. The minimum Gasteiger partial charge on any atom is -0.382 e. The van der Waals surface area contributed by atoms with E-state index in [-0.39, 0.29) is 0 Å². The SMILES string of the molecule is CCOCCCN1CCC(N)C(C)C1C. The number of likely N-dealkylation sites (tertiary alicyclic amines) is 1. The Bertz CT molecular complexity index is 175. The highest BCUT2D eigenvalue weighted by Crippen LogP contribution is 2.22. The molecule has 1 aliphatic rings. The third-order valence-corrected chi connectivity index (χ3v) is 3.70. The van der Waals surface area contributed by atoms with Crippen LogP contribution in [0.3, 0.4) is 0 Å². The minimum atomic E-state index is 0.392. The van der Waals surface area contributed by atoms with E-state index in [1.807, 2.05) is 6.92 Å². The van der Waals surface area contributed by atoms with Crippen LogP contribution in [0.2, 0.25) is 0 Å². The molecule has 0 amide bonds. The number of nitrogens with two attached hydrogens (primary N) is 1. The average Bonchev–Trinajstić information content (AvgIpc) is 2.24. The molecule has 3 nitrogen and oxygen atoms in total. The summed E-state index contributed by atoms with van der Waals surface area (Å²) in [5.41, 5.74) is 6.06. The zero-order valence-electron chi connectivity index (χ0n) is 10.4. The number of piperidine rings is 1. The number of rotatable bonds is 5. The van der Waals surface area contributed by atoms with Gasteiger partial charge in [-0.15, -0.1) is 0 Å². The molecule has 0 aromatic rings. The van der Waals surface area contributed by atoms with Gasteiger partial charge in [0, 0.05) is 31.8 Å². The quantitative estimate of drug-likeness (QED) is 0.704. The molecule has 1 fully saturated rings. The van der Waals surface area contributed by atoms with E-state index in [0.29, 0.717) is 18.0 Å². The summed E-state index contributed by atoms with van der Waals surface area (Å²) in [6, 6.07) is 1.01. The van der Waals surface area contributed by atoms with E-state index in [4.69, 9.17) is 10.5 Å². The largest absolute Gasteiger partial charge is 0.382 e. The van der Waals surface area contributed by atoms with Crippen molar-refractivity contribution in [1.82, 2.24) is 4.90 Å². The zero-order chi connectivity index (χ0) is 11.3. The molecule has 3 atom stereocenters. The van der Waals surface area contributed by atoms with Crippen LogP contribution >= 0.6 is 0 Å². The van der Waals surface area contributed by atoms with E-state index in [1.54, 1.807) is 0 Å². The summed E-state index contributed by atoms with van der Waals surface area (Å²) in [6.45, 7) is 10.6. The highest BCUT2D eigenvalue weighted by atomic mass is 16.5. The van der Waals surface area contributed by atoms with Crippen molar-refractivity contribution in [3.05, 3.63) is 0 Å². The van der Waals surface area contributed by atoms with Gasteiger partial charge in [-0.1, -0.05) is 6.92 Å². The summed E-state index contributed by atoms with van der Waals surface area (Å²) < 4.78 is 5.36. The Hall–Kier alpha value is -0.120. The van der Waals surface area contributed by atoms with Crippen molar-refractivity contribution in [1.29, 1.82) is 0 Å². The molecular formula is C12H26N2O. The van der Waals surface area contributed by atoms with Crippen LogP contribution < -0.4 is 5.73 Å². The van der Waals surface area contributed by atoms with Gasteiger partial charge in [-0.2, -0.15) is 0 Å². The van der Waals surface area contributed by atoms with Crippen LogP contribution in [0.25, 0.3) is 0 Å². The topological polar surface area (TPSA) is 38.5 Å². The lowest BCUT2D eigenvalue weighted by molar-refractivity contribution is 0.0782. The lowest BCUT2D eigenvalue weighted by atomic mass is 9.87. The van der Waals surface area contributed by atoms with E-state index in [1.165, 1.54) is 0 Å². The average molecular weight is 214 g/mol. The first-order valence-corrected chi connectivity index (χ1v) is 6.24. The maximum absolute atomic E-state index is 6.06. The molecule has 3 unspecified atom stereocenters. The standard InChI is InChI=1S/C12H26N2O/c1-4-15-9-5-7-14-8-6-12(13)10(2)11(14)3/h10-12H,4-9,13H2,1-3H3. The predicted octanol–water partition coefficient (Wildman–Crippen LogP) is 1.47. The highest BCUT2D eigenvalue weighted by Gasteiger charge is 2.29. The molecule has 0 saturated carbocycles. The van der Waals surface area contributed by atoms with Crippen LogP contribution in [0.5, 0.6) is 0 Å². The van der Waals surface area contributed by atoms with Crippen LogP contribution in [-0.4, -0.2) is 43.3 Å². The van der Waals surface area contributed by atoms with Crippen molar-refractivity contribution in [2.24, 2.45) is 11.7 Å². The molecule has 0 bridgehead atoms. The summed E-state index contributed by atoms with van der Waals surface area (Å²) in [6.07, 6.45) is 2.28. The van der Waals surface area contributed by atoms with Gasteiger partial charge in [0.15, 0.2) is 0 Å². The first kappa shape index (κ1) is 12.9. The van der Waals surface area contributed by atoms with Gasteiger partial charge in [0.1, 0.15) is 0 Å². The molecule has 0 spiro atoms. The molecule has 0 radical (unpaired) electrons. The molecule has 1 saturated heterocycles. The molecule has 0 aromatic heterocycles. The van der Waals surface area contributed by atoms with Gasteiger partial charge in [-0.25, -0.2) is 0 Å². The molecule has 3 heteroatoms. The van der Waals surface area contributed by atoms with Gasteiger partial charge in [0.2, 0.25) is 0 Å². The number of nitrogens with zero attached hydrogens (tertiary/aromatic N) is 1. The second-order valence-electron chi connectivity index (χ2n) is 4.64. The normalized spacial score (nSPS) is 33.2. The third-order valence-electron chi connectivity index (χ3n) is 3.70. The fourth-order valence-electron chi connectivity index (χ4n) is 2.30. The number of hydrogen-bond donors (Lipinski definition) is 1. The van der Waals surface area contributed by atoms with Crippen LogP contribution in [0, 0.1) is 5.92 Å². The third kappa shape index (κ3) is 3.74. The van der Waals surface area contributed by atoms with Crippen LogP contribution in [0.1, 0.15) is 33.6 Å². The summed E-state index contributed by atoms with van der Waals surface area (Å²) >= 11 is 0. The predicted molar refractivity (Wildman–Crippen MR) is 63.9 cm³/mol. The summed E-state index contributed by atoms with van der Waals surface area (Å²) in [4.78, 5) is 2.55. The lowest BCUT2D eigenvalue weighted by Gasteiger charge is -2.41. The van der Waals surface area contributed by atoms with Crippen LogP contribution in [0.4, 0.5) is 0 Å². The zero-order valence-corrected chi connectivity index (χ0v) is 10.4. The first-order chi connectivity index (χ1) is 7.16. The summed E-state index contributed by atoms with van der Waals surface area (Å²) in [5.74, 6) is 0.617. The number of hydrogen-bond acceptors (Lipinski definition) is 3. The van der Waals surface area contributed by atoms with Gasteiger partial charge in [-0.3, -0.25) is 0 Å². The molecule has 90 valence electrons. The van der Waals surface area contributed by atoms with E-state index < -0.39 is 0 Å². The maximum Gasteiger partial charge on any atom is 0.0478 e. The van der Waals surface area contributed by atoms with E-state index in [0.717, 1.165) is 39.1 Å². The Labute approximate surface area is 94.0 Å². The minimum absolute atomic E-state index is 0.392. The lowest BCUT2D eigenvalue weighted by Crippen LogP contribution is -2.51. The second kappa shape index (κ2) is 6.46. The molecule has 0 aromatic carbocycles. The van der Waals surface area contributed by atoms with Crippen molar-refractivity contribution in [2.75, 3.05) is 26.3 Å². The Kier molecular flexibility index (Phi) is 5.58. The fraction of sp³-hybridized carbons (Fsp3) is 1.00. The molecule has 1 aliphatic heterocycles. The molecule has 0 aliphatic carbocycles. The number of ether oxygens (including phenoxy) is 1. The second-order valence-corrected chi connectivity index (χ2v) is 4.64. The first-order valence-electron chi connectivity index (χ1n) is 6.24. The van der Waals surface area contributed by atoms with Crippen molar-refractivity contribution in [3.8, 4) is 0 Å². The van der Waals surface area contributed by atoms with E-state index >= 15 is 0 Å². The van der Waals surface area contributed by atoms with Crippen molar-refractivity contribution >= 4 is 0 Å². The van der Waals surface area contributed by atoms with Crippen molar-refractivity contribution < 1.29 is 4.74 Å². The molecule has 1 heterocycles.